The van der Waals surface area contributed by atoms with Gasteiger partial charge < -0.3 is 31.9 Å². The van der Waals surface area contributed by atoms with Gasteiger partial charge in [-0.25, -0.2) is 4.79 Å². The van der Waals surface area contributed by atoms with E-state index >= 15 is 0 Å². The molecule has 43 heavy (non-hydrogen) atoms. The smallest absolute Gasteiger partial charge is 0.326 e. The van der Waals surface area contributed by atoms with Crippen LogP contribution in [-0.4, -0.2) is 64.0 Å². The molecule has 4 atom stereocenters. The molecule has 0 fully saturated rings. The van der Waals surface area contributed by atoms with Crippen LogP contribution in [0.25, 0.3) is 0 Å². The van der Waals surface area contributed by atoms with Crippen LogP contribution in [0.5, 0.6) is 0 Å². The molecule has 0 aromatic heterocycles. The van der Waals surface area contributed by atoms with Gasteiger partial charge in [-0.1, -0.05) is 91.0 Å². The summed E-state index contributed by atoms with van der Waals surface area (Å²) in [4.78, 5) is 62.8. The summed E-state index contributed by atoms with van der Waals surface area (Å²) in [5.74, 6) is -4.64. The van der Waals surface area contributed by atoms with Gasteiger partial charge in [-0.05, 0) is 29.5 Å². The zero-order chi connectivity index (χ0) is 31.2. The fourth-order valence-electron chi connectivity index (χ4n) is 4.43. The summed E-state index contributed by atoms with van der Waals surface area (Å²) in [6.45, 7) is 0. The van der Waals surface area contributed by atoms with Crippen LogP contribution in [0, 0.1) is 0 Å². The number of carboxylic acid groups (broad SMARTS) is 2. The van der Waals surface area contributed by atoms with E-state index in [1.165, 1.54) is 0 Å². The number of carbonyl (C=O) groups is 5. The monoisotopic (exact) mass is 588 g/mol. The maximum absolute atomic E-state index is 13.7. The van der Waals surface area contributed by atoms with Crippen LogP contribution in [0.15, 0.2) is 91.0 Å². The Morgan fingerprint density at radius 1 is 0.558 bits per heavy atom. The number of benzene rings is 3. The van der Waals surface area contributed by atoms with Crippen LogP contribution in [0.4, 0.5) is 0 Å². The highest BCUT2D eigenvalue weighted by atomic mass is 16.4. The minimum atomic E-state index is -1.48. The van der Waals surface area contributed by atoms with Gasteiger partial charge in [0, 0.05) is 19.3 Å². The second kappa shape index (κ2) is 16.4. The van der Waals surface area contributed by atoms with Crippen LogP contribution in [-0.2, 0) is 43.2 Å². The second-order valence-corrected chi connectivity index (χ2v) is 10.1. The molecule has 0 bridgehead atoms. The maximum atomic E-state index is 13.7. The first kappa shape index (κ1) is 32.5. The Labute approximate surface area is 249 Å². The van der Waals surface area contributed by atoms with Crippen molar-refractivity contribution in [2.75, 3.05) is 0 Å². The van der Waals surface area contributed by atoms with E-state index in [2.05, 4.69) is 16.0 Å². The van der Waals surface area contributed by atoms with Gasteiger partial charge in [0.1, 0.15) is 18.1 Å². The van der Waals surface area contributed by atoms with E-state index < -0.39 is 60.2 Å². The summed E-state index contributed by atoms with van der Waals surface area (Å²) < 4.78 is 0. The lowest BCUT2D eigenvalue weighted by Gasteiger charge is -2.25. The molecule has 0 aliphatic heterocycles. The predicted molar refractivity (Wildman–Crippen MR) is 159 cm³/mol. The molecule has 3 aromatic rings. The van der Waals surface area contributed by atoms with Crippen LogP contribution in [0.2, 0.25) is 0 Å². The predicted octanol–water partition coefficient (Wildman–Crippen LogP) is 1.45. The van der Waals surface area contributed by atoms with Crippen LogP contribution in [0.3, 0.4) is 0 Å². The maximum Gasteiger partial charge on any atom is 0.326 e. The molecule has 0 heterocycles. The summed E-state index contributed by atoms with van der Waals surface area (Å²) in [6.07, 6.45) is -0.441. The first-order valence-electron chi connectivity index (χ1n) is 13.9. The van der Waals surface area contributed by atoms with Gasteiger partial charge in [0.15, 0.2) is 0 Å². The fraction of sp³-hybridized carbons (Fsp3) is 0.281. The highest BCUT2D eigenvalue weighted by Gasteiger charge is 2.31. The number of hydrogen-bond donors (Lipinski definition) is 6. The van der Waals surface area contributed by atoms with Crippen LogP contribution < -0.4 is 21.7 Å². The second-order valence-electron chi connectivity index (χ2n) is 10.1. The van der Waals surface area contributed by atoms with Gasteiger partial charge in [0.2, 0.25) is 17.7 Å². The van der Waals surface area contributed by atoms with Gasteiger partial charge >= 0.3 is 11.9 Å². The van der Waals surface area contributed by atoms with Crippen molar-refractivity contribution < 1.29 is 34.2 Å². The number of carbonyl (C=O) groups excluding carboxylic acids is 3. The average molecular weight is 589 g/mol. The molecule has 11 heteroatoms. The van der Waals surface area contributed by atoms with E-state index in [0.717, 1.165) is 11.1 Å². The van der Waals surface area contributed by atoms with Crippen molar-refractivity contribution in [3.05, 3.63) is 108 Å². The lowest BCUT2D eigenvalue weighted by Crippen LogP contribution is -2.58. The molecule has 4 unspecified atom stereocenters. The molecule has 226 valence electrons. The van der Waals surface area contributed by atoms with Crippen LogP contribution >= 0.6 is 0 Å². The molecule has 11 nitrogen and oxygen atoms in total. The van der Waals surface area contributed by atoms with E-state index in [4.69, 9.17) is 10.8 Å². The number of rotatable bonds is 16. The third kappa shape index (κ3) is 11.0. The highest BCUT2D eigenvalue weighted by Crippen LogP contribution is 2.09. The molecular formula is C32H36N4O7. The Balaban J connectivity index is 1.81. The average Bonchev–Trinajstić information content (AvgIpc) is 2.99. The Kier molecular flexibility index (Phi) is 12.4. The van der Waals surface area contributed by atoms with E-state index in [9.17, 15) is 29.1 Å². The molecule has 3 amide bonds. The number of carboxylic acids is 2. The molecule has 0 spiro atoms. The van der Waals surface area contributed by atoms with Gasteiger partial charge in [-0.15, -0.1) is 0 Å². The molecule has 0 saturated carbocycles. The number of aliphatic carboxylic acids is 2. The van der Waals surface area contributed by atoms with Crippen molar-refractivity contribution in [2.45, 2.75) is 56.3 Å². The molecule has 0 aliphatic rings. The summed E-state index contributed by atoms with van der Waals surface area (Å²) in [5.41, 5.74) is 8.46. The van der Waals surface area contributed by atoms with Gasteiger partial charge in [0.05, 0.1) is 6.04 Å². The molecule has 3 rings (SSSR count). The van der Waals surface area contributed by atoms with Gasteiger partial charge in [-0.2, -0.15) is 0 Å². The summed E-state index contributed by atoms with van der Waals surface area (Å²) >= 11 is 0. The quantitative estimate of drug-likeness (QED) is 0.145. The Bertz CT molecular complexity index is 1370. The van der Waals surface area contributed by atoms with Crippen molar-refractivity contribution in [3.8, 4) is 0 Å². The van der Waals surface area contributed by atoms with Crippen molar-refractivity contribution >= 4 is 29.7 Å². The number of hydrogen-bond acceptors (Lipinski definition) is 6. The third-order valence-electron chi connectivity index (χ3n) is 6.73. The van der Waals surface area contributed by atoms with E-state index in [-0.39, 0.29) is 25.7 Å². The molecule has 7 N–H and O–H groups in total. The topological polar surface area (TPSA) is 188 Å². The normalized spacial score (nSPS) is 13.5. The molecular weight excluding hydrogens is 552 g/mol. The fourth-order valence-corrected chi connectivity index (χ4v) is 4.43. The first-order chi connectivity index (χ1) is 20.6. The van der Waals surface area contributed by atoms with Crippen molar-refractivity contribution in [1.29, 1.82) is 0 Å². The van der Waals surface area contributed by atoms with Crippen molar-refractivity contribution in [2.24, 2.45) is 5.73 Å². The first-order valence-corrected chi connectivity index (χ1v) is 13.9. The van der Waals surface area contributed by atoms with E-state index in [0.29, 0.717) is 5.56 Å². The number of nitrogens with one attached hydrogen (secondary N) is 3. The number of amides is 3. The third-order valence-corrected chi connectivity index (χ3v) is 6.73. The molecule has 0 aliphatic carbocycles. The summed E-state index contributed by atoms with van der Waals surface area (Å²) in [5, 5.41) is 26.3. The van der Waals surface area contributed by atoms with Crippen molar-refractivity contribution in [3.63, 3.8) is 0 Å². The Morgan fingerprint density at radius 2 is 0.930 bits per heavy atom. The standard InChI is InChI=1S/C32H36N4O7/c33-24(18-21-10-4-1-5-11-21)29(39)35-26(19-22-12-6-2-7-13-22)31(41)36-27(20-23-14-8-3-9-15-23)30(40)34-25(32(42)43)16-17-28(37)38/h1-15,24-27H,16-20,33H2,(H,34,40)(H,35,39)(H,36,41)(H,37,38)(H,42,43). The Hall–Kier alpha value is -5.03. The van der Waals surface area contributed by atoms with Crippen LogP contribution in [0.1, 0.15) is 29.5 Å². The van der Waals surface area contributed by atoms with Gasteiger partial charge in [-0.3, -0.25) is 19.2 Å². The van der Waals surface area contributed by atoms with E-state index in [1.807, 2.05) is 36.4 Å². The van der Waals surface area contributed by atoms with Gasteiger partial charge in [0.25, 0.3) is 0 Å². The SMILES string of the molecule is NC(Cc1ccccc1)C(=O)NC(Cc1ccccc1)C(=O)NC(Cc1ccccc1)C(=O)NC(CCC(=O)O)C(=O)O. The Morgan fingerprint density at radius 3 is 1.33 bits per heavy atom. The highest BCUT2D eigenvalue weighted by molar-refractivity contribution is 5.94. The molecule has 0 radical (unpaired) electrons. The minimum Gasteiger partial charge on any atom is -0.481 e. The molecule has 3 aromatic carbocycles. The lowest BCUT2D eigenvalue weighted by molar-refractivity contribution is -0.143. The zero-order valence-electron chi connectivity index (χ0n) is 23.5. The minimum absolute atomic E-state index is 0.0171. The van der Waals surface area contributed by atoms with Crippen molar-refractivity contribution in [1.82, 2.24) is 16.0 Å². The largest absolute Gasteiger partial charge is 0.481 e. The number of nitrogens with two attached hydrogens (primary N) is 1. The lowest BCUT2D eigenvalue weighted by atomic mass is 10.0. The summed E-state index contributed by atoms with van der Waals surface area (Å²) in [6, 6.07) is 22.2. The summed E-state index contributed by atoms with van der Waals surface area (Å²) in [7, 11) is 0. The zero-order valence-corrected chi connectivity index (χ0v) is 23.5. The molecule has 0 saturated heterocycles. The van der Waals surface area contributed by atoms with E-state index in [1.54, 1.807) is 54.6 Å².